The first-order chi connectivity index (χ1) is 26.3. The fourth-order valence-corrected chi connectivity index (χ4v) is 10.8. The van der Waals surface area contributed by atoms with Gasteiger partial charge in [0.2, 0.25) is 0 Å². The number of thiophene rings is 2. The highest BCUT2D eigenvalue weighted by Gasteiger charge is 2.25. The van der Waals surface area contributed by atoms with Crippen molar-refractivity contribution in [1.82, 2.24) is 14.5 Å². The molecule has 0 aliphatic carbocycles. The molecule has 5 aromatic heterocycles. The van der Waals surface area contributed by atoms with Gasteiger partial charge in [-0.25, -0.2) is 0 Å². The van der Waals surface area contributed by atoms with Gasteiger partial charge in [-0.3, -0.25) is 0 Å². The average Bonchev–Trinajstić information content (AvgIpc) is 3.90. The maximum Gasteiger partial charge on any atom is 0.308 e. The minimum Gasteiger partial charge on any atom is -0.308 e. The zero-order valence-electron chi connectivity index (χ0n) is 28.2. The van der Waals surface area contributed by atoms with Crippen LogP contribution < -0.4 is 4.40 Å². The lowest BCUT2D eigenvalue weighted by Gasteiger charge is -2.10. The number of hydrogen-bond donors (Lipinski definition) is 0. The molecule has 6 heteroatoms. The van der Waals surface area contributed by atoms with Crippen LogP contribution in [0.2, 0.25) is 0 Å². The third-order valence-corrected chi connectivity index (χ3v) is 13.0. The van der Waals surface area contributed by atoms with Crippen LogP contribution in [0.4, 0.5) is 0 Å². The molecule has 0 N–H and O–H groups in total. The Morgan fingerprint density at radius 2 is 1.23 bits per heavy atom. The molecule has 0 aliphatic heterocycles. The summed E-state index contributed by atoms with van der Waals surface area (Å²) in [7, 11) is 0. The summed E-state index contributed by atoms with van der Waals surface area (Å²) in [6.45, 7) is 0. The number of hydrogen-bond acceptors (Lipinski definition) is 4. The molecule has 0 unspecified atom stereocenters. The Balaban J connectivity index is 1.18. The number of rotatable bonds is 3. The van der Waals surface area contributed by atoms with Crippen LogP contribution in [0.1, 0.15) is 0 Å². The Morgan fingerprint density at radius 3 is 2.13 bits per heavy atom. The van der Waals surface area contributed by atoms with Crippen LogP contribution in [-0.2, 0) is 0 Å². The maximum atomic E-state index is 5.27. The van der Waals surface area contributed by atoms with Gasteiger partial charge in [-0.15, -0.1) is 22.7 Å². The van der Waals surface area contributed by atoms with E-state index >= 15 is 0 Å². The molecule has 0 atom stereocenters. The van der Waals surface area contributed by atoms with Crippen molar-refractivity contribution in [3.8, 4) is 28.5 Å². The van der Waals surface area contributed by atoms with Crippen LogP contribution in [0, 0.1) is 0 Å². The van der Waals surface area contributed by atoms with Crippen LogP contribution in [-0.4, -0.2) is 14.5 Å². The van der Waals surface area contributed by atoms with Gasteiger partial charge >= 0.3 is 5.82 Å². The number of pyridine rings is 1. The minimum atomic E-state index is 0.716. The second-order valence-electron chi connectivity index (χ2n) is 13.5. The molecule has 246 valence electrons. The molecular weight excluding hydrogens is 685 g/mol. The highest BCUT2D eigenvalue weighted by atomic mass is 32.1. The van der Waals surface area contributed by atoms with Crippen molar-refractivity contribution in [2.75, 3.05) is 0 Å². The van der Waals surface area contributed by atoms with E-state index in [1.54, 1.807) is 0 Å². The second-order valence-corrected chi connectivity index (χ2v) is 15.7. The van der Waals surface area contributed by atoms with Crippen molar-refractivity contribution >= 4 is 101 Å². The fourth-order valence-electron chi connectivity index (χ4n) is 8.44. The van der Waals surface area contributed by atoms with Crippen LogP contribution in [0.25, 0.3) is 107 Å². The van der Waals surface area contributed by atoms with Gasteiger partial charge < -0.3 is 4.57 Å². The standard InChI is InChI=1S/C47H27N4S2/c1-2-13-28(14-3-1)46-48-41-23-10-11-26-50(41)47(49-46)34-27-40-42(30-16-5-4-15-29(30)34)33-19-12-21-37(45(33)53-40)51-35-20-8-6-17-31(35)43-36(51)24-25-39-44(43)32-18-7-9-22-38(32)52-39/h1-27H/q+1. The molecule has 5 heterocycles. The molecule has 0 fully saturated rings. The Kier molecular flexibility index (Phi) is 6.06. The van der Waals surface area contributed by atoms with Crippen LogP contribution in [0.15, 0.2) is 164 Å². The van der Waals surface area contributed by atoms with Crippen molar-refractivity contribution < 1.29 is 4.40 Å². The monoisotopic (exact) mass is 711 g/mol. The summed E-state index contributed by atoms with van der Waals surface area (Å²) in [4.78, 5) is 10.3. The Morgan fingerprint density at radius 1 is 0.472 bits per heavy atom. The summed E-state index contributed by atoms with van der Waals surface area (Å²) in [5.74, 6) is 1.59. The summed E-state index contributed by atoms with van der Waals surface area (Å²) in [6.07, 6.45) is 2.07. The summed E-state index contributed by atoms with van der Waals surface area (Å²) in [5.41, 5.74) is 6.60. The van der Waals surface area contributed by atoms with E-state index in [4.69, 9.17) is 9.97 Å². The predicted octanol–water partition coefficient (Wildman–Crippen LogP) is 12.5. The van der Waals surface area contributed by atoms with Crippen molar-refractivity contribution in [2.24, 2.45) is 0 Å². The quantitative estimate of drug-likeness (QED) is 0.171. The largest absolute Gasteiger partial charge is 0.308 e. The molecule has 0 radical (unpaired) electrons. The molecule has 4 nitrogen and oxygen atoms in total. The van der Waals surface area contributed by atoms with Gasteiger partial charge in [0.15, 0.2) is 0 Å². The Labute approximate surface area is 311 Å². The summed E-state index contributed by atoms with van der Waals surface area (Å²) in [6, 6.07) is 56.7. The van der Waals surface area contributed by atoms with Gasteiger partial charge in [-0.05, 0) is 65.4 Å². The predicted molar refractivity (Wildman–Crippen MR) is 224 cm³/mol. The van der Waals surface area contributed by atoms with Gasteiger partial charge in [-0.2, -0.15) is 4.40 Å². The van der Waals surface area contributed by atoms with E-state index in [2.05, 4.69) is 143 Å². The first kappa shape index (κ1) is 29.1. The van der Waals surface area contributed by atoms with E-state index in [1.807, 2.05) is 53.0 Å². The molecule has 7 aromatic carbocycles. The van der Waals surface area contributed by atoms with Crippen molar-refractivity contribution in [2.45, 2.75) is 0 Å². The number of fused-ring (bicyclic) bond motifs is 13. The number of para-hydroxylation sites is 1. The average molecular weight is 712 g/mol. The molecule has 0 bridgehead atoms. The molecule has 0 saturated carbocycles. The summed E-state index contributed by atoms with van der Waals surface area (Å²) < 4.78 is 9.77. The Bertz CT molecular complexity index is 3460. The van der Waals surface area contributed by atoms with Gasteiger partial charge in [0.05, 0.1) is 38.7 Å². The second kappa shape index (κ2) is 11.0. The van der Waals surface area contributed by atoms with Gasteiger partial charge in [0.25, 0.3) is 11.5 Å². The van der Waals surface area contributed by atoms with Crippen molar-refractivity contribution in [1.29, 1.82) is 0 Å². The molecule has 0 amide bonds. The number of benzene rings is 7. The van der Waals surface area contributed by atoms with Gasteiger partial charge in [0, 0.05) is 52.5 Å². The maximum absolute atomic E-state index is 5.27. The zero-order valence-corrected chi connectivity index (χ0v) is 29.8. The topological polar surface area (TPSA) is 34.8 Å². The lowest BCUT2D eigenvalue weighted by Crippen LogP contribution is -2.27. The molecule has 12 aromatic rings. The highest BCUT2D eigenvalue weighted by molar-refractivity contribution is 7.26. The molecule has 0 saturated heterocycles. The molecular formula is C47H27N4S2+. The van der Waals surface area contributed by atoms with E-state index in [1.165, 1.54) is 78.6 Å². The smallest absolute Gasteiger partial charge is 0.308 e. The normalized spacial score (nSPS) is 12.2. The van der Waals surface area contributed by atoms with Gasteiger partial charge in [0.1, 0.15) is 0 Å². The lowest BCUT2D eigenvalue weighted by molar-refractivity contribution is -0.505. The first-order valence-corrected chi connectivity index (χ1v) is 19.4. The van der Waals surface area contributed by atoms with Crippen molar-refractivity contribution in [3.05, 3.63) is 164 Å². The summed E-state index contributed by atoms with van der Waals surface area (Å²) in [5, 5.41) is 10.2. The van der Waals surface area contributed by atoms with E-state index in [0.29, 0.717) is 5.82 Å². The molecule has 0 aliphatic rings. The highest BCUT2D eigenvalue weighted by Crippen LogP contribution is 2.47. The third-order valence-electron chi connectivity index (χ3n) is 10.7. The van der Waals surface area contributed by atoms with Crippen molar-refractivity contribution in [3.63, 3.8) is 0 Å². The zero-order chi connectivity index (χ0) is 34.6. The van der Waals surface area contributed by atoms with Crippen LogP contribution in [0.3, 0.4) is 0 Å². The molecule has 53 heavy (non-hydrogen) atoms. The SMILES string of the molecule is c1ccc(-c2nc(-c3cc4sc5c(-n6c7ccccc7c7c8c(ccc76)sc6ccccc68)cccc5c4c4ccccc34)[n+]3ccccc3n2)cc1. The number of nitrogens with zero attached hydrogens (tertiary/aromatic N) is 4. The molecule has 0 spiro atoms. The molecule has 12 rings (SSSR count). The van der Waals surface area contributed by atoms with E-state index in [-0.39, 0.29) is 0 Å². The van der Waals surface area contributed by atoms with Crippen LogP contribution >= 0.6 is 22.7 Å². The van der Waals surface area contributed by atoms with Crippen LogP contribution in [0.5, 0.6) is 0 Å². The van der Waals surface area contributed by atoms with Gasteiger partial charge in [-0.1, -0.05) is 107 Å². The third kappa shape index (κ3) is 4.13. The first-order valence-electron chi connectivity index (χ1n) is 17.8. The Hall–Kier alpha value is -6.47. The van der Waals surface area contributed by atoms with E-state index in [0.717, 1.165) is 22.6 Å². The number of aromatic nitrogens is 4. The summed E-state index contributed by atoms with van der Waals surface area (Å²) >= 11 is 3.75. The lowest BCUT2D eigenvalue weighted by atomic mass is 9.98. The van der Waals surface area contributed by atoms with E-state index in [9.17, 15) is 0 Å². The minimum absolute atomic E-state index is 0.716. The van der Waals surface area contributed by atoms with E-state index < -0.39 is 0 Å². The fraction of sp³-hybridized carbons (Fsp3) is 0.